The van der Waals surface area contributed by atoms with Crippen LogP contribution in [0.5, 0.6) is 0 Å². The van der Waals surface area contributed by atoms with Gasteiger partial charge in [0.25, 0.3) is 5.56 Å². The van der Waals surface area contributed by atoms with Crippen LogP contribution in [-0.2, 0) is 11.2 Å². The van der Waals surface area contributed by atoms with Gasteiger partial charge in [0.2, 0.25) is 11.7 Å². The minimum absolute atomic E-state index is 0.0605. The van der Waals surface area contributed by atoms with Crippen molar-refractivity contribution in [2.75, 3.05) is 6.26 Å². The molecule has 4 rings (SSSR count). The highest BCUT2D eigenvalue weighted by molar-refractivity contribution is 7.90. The standard InChI is InChI=1S/C17H19N5O3S/c1-9-12-8-18-17(26(3)24)20-15(12)22(11-6-4-5-7-11)16(23)13(9)14-19-10(2)25-21-14/h8,11H,4-7H2,1-3H3. The monoisotopic (exact) mass is 373 g/mol. The maximum absolute atomic E-state index is 13.4. The van der Waals surface area contributed by atoms with Gasteiger partial charge in [-0.3, -0.25) is 9.36 Å². The predicted molar refractivity (Wildman–Crippen MR) is 96.4 cm³/mol. The van der Waals surface area contributed by atoms with Crippen LogP contribution in [0.4, 0.5) is 0 Å². The second-order valence-corrected chi connectivity index (χ2v) is 7.87. The molecule has 1 unspecified atom stereocenters. The number of hydrogen-bond donors (Lipinski definition) is 0. The van der Waals surface area contributed by atoms with Gasteiger partial charge in [-0.1, -0.05) is 18.0 Å². The van der Waals surface area contributed by atoms with Gasteiger partial charge in [0.05, 0.1) is 5.56 Å². The van der Waals surface area contributed by atoms with Gasteiger partial charge in [0.15, 0.2) is 5.65 Å². The van der Waals surface area contributed by atoms with Crippen molar-refractivity contribution in [3.8, 4) is 11.4 Å². The molecule has 0 aromatic carbocycles. The molecule has 0 amide bonds. The maximum Gasteiger partial charge on any atom is 0.344 e. The molecule has 0 aliphatic heterocycles. The van der Waals surface area contributed by atoms with Crippen LogP contribution >= 0.6 is 0 Å². The van der Waals surface area contributed by atoms with Crippen LogP contribution in [0.25, 0.3) is 22.4 Å². The summed E-state index contributed by atoms with van der Waals surface area (Å²) in [6.45, 7) is 3.52. The zero-order valence-corrected chi connectivity index (χ0v) is 15.7. The van der Waals surface area contributed by atoms with Crippen molar-refractivity contribution in [3.63, 3.8) is 0 Å². The Hall–Kier alpha value is -2.26. The Kier molecular flexibility index (Phi) is 4.28. The van der Waals surface area contributed by atoms with Crippen LogP contribution in [0.1, 0.15) is 43.2 Å². The molecule has 1 fully saturated rings. The molecule has 136 valence electrons. The van der Waals surface area contributed by atoms with Crippen LogP contribution in [0.2, 0.25) is 0 Å². The van der Waals surface area contributed by atoms with Gasteiger partial charge in [-0.2, -0.15) is 15.0 Å². The SMILES string of the molecule is Cc1nc(-c2c(C)c3cnc([S+](C)[O-])nc3n(C3CCCC3)c2=O)no1. The summed E-state index contributed by atoms with van der Waals surface area (Å²) in [5.41, 5.74) is 1.46. The fourth-order valence-corrected chi connectivity index (χ4v) is 4.04. The highest BCUT2D eigenvalue weighted by Gasteiger charge is 2.27. The third-order valence-corrected chi connectivity index (χ3v) is 5.60. The van der Waals surface area contributed by atoms with Crippen LogP contribution in [0.15, 0.2) is 20.7 Å². The molecular weight excluding hydrogens is 354 g/mol. The highest BCUT2D eigenvalue weighted by atomic mass is 32.2. The summed E-state index contributed by atoms with van der Waals surface area (Å²) in [6, 6.07) is 0.0605. The molecule has 1 atom stereocenters. The summed E-state index contributed by atoms with van der Waals surface area (Å²) in [6.07, 6.45) is 7.13. The molecule has 3 heterocycles. The number of aryl methyl sites for hydroxylation is 2. The summed E-state index contributed by atoms with van der Waals surface area (Å²) in [4.78, 5) is 26.3. The molecule has 26 heavy (non-hydrogen) atoms. The maximum atomic E-state index is 13.4. The van der Waals surface area contributed by atoms with Crippen molar-refractivity contribution >= 4 is 22.2 Å². The minimum Gasteiger partial charge on any atom is -0.609 e. The van der Waals surface area contributed by atoms with E-state index in [1.54, 1.807) is 17.7 Å². The smallest absolute Gasteiger partial charge is 0.344 e. The first kappa shape index (κ1) is 17.2. The van der Waals surface area contributed by atoms with Gasteiger partial charge in [0.1, 0.15) is 6.26 Å². The largest absolute Gasteiger partial charge is 0.609 e. The lowest BCUT2D eigenvalue weighted by molar-refractivity contribution is 0.394. The van der Waals surface area contributed by atoms with Crippen molar-refractivity contribution in [1.82, 2.24) is 24.7 Å². The predicted octanol–water partition coefficient (Wildman–Crippen LogP) is 2.31. The van der Waals surface area contributed by atoms with Crippen molar-refractivity contribution in [1.29, 1.82) is 0 Å². The molecule has 1 saturated carbocycles. The second kappa shape index (κ2) is 6.48. The molecular formula is C17H19N5O3S. The third-order valence-electron chi connectivity index (χ3n) is 4.88. The average molecular weight is 373 g/mol. The molecule has 8 nitrogen and oxygen atoms in total. The van der Waals surface area contributed by atoms with E-state index in [-0.39, 0.29) is 22.6 Å². The summed E-state index contributed by atoms with van der Waals surface area (Å²) in [7, 11) is 0. The second-order valence-electron chi connectivity index (χ2n) is 6.59. The lowest BCUT2D eigenvalue weighted by atomic mass is 10.1. The Morgan fingerprint density at radius 2 is 2.00 bits per heavy atom. The first-order valence-electron chi connectivity index (χ1n) is 8.53. The van der Waals surface area contributed by atoms with E-state index in [9.17, 15) is 9.35 Å². The summed E-state index contributed by atoms with van der Waals surface area (Å²) in [5.74, 6) is 0.682. The number of aromatic nitrogens is 5. The van der Waals surface area contributed by atoms with E-state index in [2.05, 4.69) is 20.1 Å². The molecule has 9 heteroatoms. The highest BCUT2D eigenvalue weighted by Crippen LogP contribution is 2.33. The molecule has 0 radical (unpaired) electrons. The van der Waals surface area contributed by atoms with Gasteiger partial charge < -0.3 is 9.08 Å². The van der Waals surface area contributed by atoms with Crippen LogP contribution in [0.3, 0.4) is 0 Å². The van der Waals surface area contributed by atoms with E-state index in [0.29, 0.717) is 22.7 Å². The van der Waals surface area contributed by atoms with Crippen molar-refractivity contribution < 1.29 is 9.08 Å². The Morgan fingerprint density at radius 3 is 2.62 bits per heavy atom. The Labute approximate surface area is 152 Å². The van der Waals surface area contributed by atoms with Crippen LogP contribution in [0, 0.1) is 13.8 Å². The van der Waals surface area contributed by atoms with E-state index < -0.39 is 11.2 Å². The first-order chi connectivity index (χ1) is 12.5. The molecule has 0 N–H and O–H groups in total. The quantitative estimate of drug-likeness (QED) is 0.512. The molecule has 3 aromatic heterocycles. The lowest BCUT2D eigenvalue weighted by Gasteiger charge is -2.19. The Balaban J connectivity index is 2.08. The Morgan fingerprint density at radius 1 is 1.27 bits per heavy atom. The molecule has 1 aliphatic rings. The minimum atomic E-state index is -1.32. The molecule has 3 aromatic rings. The van der Waals surface area contributed by atoms with Gasteiger partial charge in [-0.15, -0.1) is 0 Å². The summed E-state index contributed by atoms with van der Waals surface area (Å²) < 4.78 is 18.6. The molecule has 0 bridgehead atoms. The van der Waals surface area contributed by atoms with Crippen molar-refractivity contribution in [2.45, 2.75) is 50.7 Å². The molecule has 0 spiro atoms. The summed E-state index contributed by atoms with van der Waals surface area (Å²) in [5, 5.41) is 4.91. The third kappa shape index (κ3) is 2.71. The van der Waals surface area contributed by atoms with Gasteiger partial charge in [0, 0.05) is 35.7 Å². The van der Waals surface area contributed by atoms with Crippen molar-refractivity contribution in [3.05, 3.63) is 28.0 Å². The van der Waals surface area contributed by atoms with Gasteiger partial charge >= 0.3 is 5.16 Å². The van der Waals surface area contributed by atoms with Gasteiger partial charge in [-0.25, -0.2) is 0 Å². The number of pyridine rings is 1. The zero-order chi connectivity index (χ0) is 18.4. The van der Waals surface area contributed by atoms with Crippen LogP contribution in [-0.4, -0.2) is 35.5 Å². The number of hydrogen-bond acceptors (Lipinski definition) is 7. The van der Waals surface area contributed by atoms with Gasteiger partial charge in [-0.05, 0) is 25.3 Å². The molecule has 0 saturated heterocycles. The number of rotatable bonds is 3. The van der Waals surface area contributed by atoms with E-state index in [1.807, 2.05) is 6.92 Å². The number of nitrogens with zero attached hydrogens (tertiary/aromatic N) is 5. The number of fused-ring (bicyclic) bond motifs is 1. The van der Waals surface area contributed by atoms with E-state index in [4.69, 9.17) is 4.52 Å². The summed E-state index contributed by atoms with van der Waals surface area (Å²) >= 11 is -1.32. The fraction of sp³-hybridized carbons (Fsp3) is 0.471. The molecule has 1 aliphatic carbocycles. The lowest BCUT2D eigenvalue weighted by Crippen LogP contribution is -2.28. The van der Waals surface area contributed by atoms with Crippen LogP contribution < -0.4 is 5.56 Å². The normalized spacial score (nSPS) is 16.5. The Bertz CT molecular complexity index is 1040. The fourth-order valence-electron chi connectivity index (χ4n) is 3.62. The van der Waals surface area contributed by atoms with E-state index in [0.717, 1.165) is 31.1 Å². The average Bonchev–Trinajstić information content (AvgIpc) is 3.27. The topological polar surface area (TPSA) is 110 Å². The van der Waals surface area contributed by atoms with E-state index >= 15 is 0 Å². The van der Waals surface area contributed by atoms with Crippen molar-refractivity contribution in [2.24, 2.45) is 0 Å². The zero-order valence-electron chi connectivity index (χ0n) is 14.9. The first-order valence-corrected chi connectivity index (χ1v) is 10.1. The van der Waals surface area contributed by atoms with E-state index in [1.165, 1.54) is 6.26 Å².